The van der Waals surface area contributed by atoms with Crippen molar-refractivity contribution < 1.29 is 19.8 Å². The predicted octanol–water partition coefficient (Wildman–Crippen LogP) is 0.994. The van der Waals surface area contributed by atoms with Crippen molar-refractivity contribution in [3.63, 3.8) is 0 Å². The number of hydrogen-bond donors (Lipinski definition) is 2. The van der Waals surface area contributed by atoms with Crippen molar-refractivity contribution in [1.29, 1.82) is 0 Å². The van der Waals surface area contributed by atoms with Crippen LogP contribution >= 0.6 is 12.4 Å². The Bertz CT molecular complexity index is 83.7. The molecular weight excluding hydrogens is 160 g/mol. The summed E-state index contributed by atoms with van der Waals surface area (Å²) in [4.78, 5) is 18.0. The molecular formula is C5H11ClO4. The first-order valence-corrected chi connectivity index (χ1v) is 2.48. The van der Waals surface area contributed by atoms with Crippen LogP contribution in [0.4, 0.5) is 0 Å². The highest BCUT2D eigenvalue weighted by atomic mass is 35.5. The second-order valence-electron chi connectivity index (χ2n) is 1.25. The fraction of sp³-hybridized carbons (Fsp3) is 0.600. The molecule has 0 aromatic heterocycles. The van der Waals surface area contributed by atoms with E-state index < -0.39 is 5.97 Å². The molecule has 0 saturated carbocycles. The third-order valence-corrected chi connectivity index (χ3v) is 0.464. The normalized spacial score (nSPS) is 6.10. The van der Waals surface area contributed by atoms with Gasteiger partial charge in [-0.25, -0.2) is 0 Å². The van der Waals surface area contributed by atoms with Crippen molar-refractivity contribution in [3.05, 3.63) is 0 Å². The monoisotopic (exact) mass is 170 g/mol. The van der Waals surface area contributed by atoms with Gasteiger partial charge in [0.2, 0.25) is 0 Å². The van der Waals surface area contributed by atoms with Crippen molar-refractivity contribution in [3.8, 4) is 0 Å². The summed E-state index contributed by atoms with van der Waals surface area (Å²) in [6.45, 7) is 1.59. The number of rotatable bonds is 2. The van der Waals surface area contributed by atoms with Gasteiger partial charge in [-0.3, -0.25) is 9.59 Å². The molecule has 4 nitrogen and oxygen atoms in total. The van der Waals surface area contributed by atoms with Crippen molar-refractivity contribution in [2.24, 2.45) is 0 Å². The Morgan fingerprint density at radius 3 is 1.90 bits per heavy atom. The number of carbonyl (C=O) groups is 2. The van der Waals surface area contributed by atoms with Crippen LogP contribution in [0.2, 0.25) is 0 Å². The minimum absolute atomic E-state index is 0. The van der Waals surface area contributed by atoms with Gasteiger partial charge >= 0.3 is 5.97 Å². The lowest BCUT2D eigenvalue weighted by molar-refractivity contribution is -0.137. The van der Waals surface area contributed by atoms with E-state index in [1.807, 2.05) is 6.92 Å². The maximum atomic E-state index is 9.60. The number of carboxylic acid groups (broad SMARTS) is 2. The van der Waals surface area contributed by atoms with Gasteiger partial charge in [0.05, 0.1) is 0 Å². The summed E-state index contributed by atoms with van der Waals surface area (Å²) in [6.07, 6.45) is 1.02. The van der Waals surface area contributed by atoms with Gasteiger partial charge in [0.25, 0.3) is 6.47 Å². The molecule has 0 fully saturated rings. The highest BCUT2D eigenvalue weighted by Gasteiger charge is 1.87. The molecule has 0 heterocycles. The average Bonchev–Trinajstić information content (AvgIpc) is 1.67. The Labute approximate surface area is 65.3 Å². The minimum atomic E-state index is -0.711. The highest BCUT2D eigenvalue weighted by molar-refractivity contribution is 5.85. The topological polar surface area (TPSA) is 74.6 Å². The Kier molecular flexibility index (Phi) is 25.3. The largest absolute Gasteiger partial charge is 0.483 e. The van der Waals surface area contributed by atoms with E-state index in [0.29, 0.717) is 6.42 Å². The third-order valence-electron chi connectivity index (χ3n) is 0.464. The molecule has 0 unspecified atom stereocenters. The first-order chi connectivity index (χ1) is 4.18. The van der Waals surface area contributed by atoms with E-state index in [1.165, 1.54) is 0 Å². The molecule has 0 aromatic rings. The molecule has 10 heavy (non-hydrogen) atoms. The van der Waals surface area contributed by atoms with E-state index in [2.05, 4.69) is 0 Å². The summed E-state index contributed by atoms with van der Waals surface area (Å²) < 4.78 is 0. The summed E-state index contributed by atoms with van der Waals surface area (Å²) in [5.74, 6) is -0.711. The van der Waals surface area contributed by atoms with Crippen LogP contribution in [0.3, 0.4) is 0 Å². The van der Waals surface area contributed by atoms with Crippen LogP contribution in [0.25, 0.3) is 0 Å². The van der Waals surface area contributed by atoms with Gasteiger partial charge in [-0.15, -0.1) is 12.4 Å². The molecule has 0 saturated heterocycles. The van der Waals surface area contributed by atoms with Gasteiger partial charge in [0, 0.05) is 6.42 Å². The zero-order valence-corrected chi connectivity index (χ0v) is 6.43. The first-order valence-electron chi connectivity index (χ1n) is 2.48. The van der Waals surface area contributed by atoms with Crippen LogP contribution in [-0.2, 0) is 9.59 Å². The van der Waals surface area contributed by atoms with Crippen molar-refractivity contribution in [2.75, 3.05) is 0 Å². The van der Waals surface area contributed by atoms with Crippen LogP contribution < -0.4 is 0 Å². The summed E-state index contributed by atoms with van der Waals surface area (Å²) in [6, 6.07) is 0. The summed E-state index contributed by atoms with van der Waals surface area (Å²) in [7, 11) is 0. The number of carboxylic acids is 1. The van der Waals surface area contributed by atoms with Crippen LogP contribution in [0, 0.1) is 0 Å². The standard InChI is InChI=1S/C4H8O2.CH2O2.ClH/c1-2-3-4(5)6;2-1-3;/h2-3H2,1H3,(H,5,6);1H,(H,2,3);1H. The molecule has 0 rings (SSSR count). The van der Waals surface area contributed by atoms with E-state index >= 15 is 0 Å². The summed E-state index contributed by atoms with van der Waals surface area (Å²) in [5, 5.41) is 14.8. The third kappa shape index (κ3) is 56.4. The first kappa shape index (κ1) is 16.1. The number of hydrogen-bond acceptors (Lipinski definition) is 2. The quantitative estimate of drug-likeness (QED) is 0.607. The van der Waals surface area contributed by atoms with Crippen LogP contribution in [0.1, 0.15) is 19.8 Å². The molecule has 0 aliphatic heterocycles. The lowest BCUT2D eigenvalue weighted by Gasteiger charge is -1.79. The van der Waals surface area contributed by atoms with Crippen LogP contribution in [-0.4, -0.2) is 22.7 Å². The molecule has 0 atom stereocenters. The van der Waals surface area contributed by atoms with Crippen molar-refractivity contribution in [1.82, 2.24) is 0 Å². The predicted molar refractivity (Wildman–Crippen MR) is 38.5 cm³/mol. The van der Waals surface area contributed by atoms with E-state index in [4.69, 9.17) is 15.0 Å². The highest BCUT2D eigenvalue weighted by Crippen LogP contribution is 1.82. The minimum Gasteiger partial charge on any atom is -0.483 e. The van der Waals surface area contributed by atoms with E-state index in [9.17, 15) is 4.79 Å². The van der Waals surface area contributed by atoms with Crippen LogP contribution in [0.15, 0.2) is 0 Å². The van der Waals surface area contributed by atoms with Gasteiger partial charge in [0.15, 0.2) is 0 Å². The smallest absolute Gasteiger partial charge is 0.303 e. The molecule has 0 radical (unpaired) electrons. The van der Waals surface area contributed by atoms with Crippen molar-refractivity contribution >= 4 is 24.8 Å². The second-order valence-corrected chi connectivity index (χ2v) is 1.25. The van der Waals surface area contributed by atoms with Gasteiger partial charge in [-0.1, -0.05) is 6.92 Å². The molecule has 0 bridgehead atoms. The van der Waals surface area contributed by atoms with Crippen molar-refractivity contribution in [2.45, 2.75) is 19.8 Å². The fourth-order valence-corrected chi connectivity index (χ4v) is 0.214. The van der Waals surface area contributed by atoms with E-state index in [-0.39, 0.29) is 18.9 Å². The van der Waals surface area contributed by atoms with E-state index in [1.54, 1.807) is 0 Å². The fourth-order valence-electron chi connectivity index (χ4n) is 0.214. The molecule has 0 spiro atoms. The van der Waals surface area contributed by atoms with Crippen LogP contribution in [0.5, 0.6) is 0 Å². The Balaban J connectivity index is -0.000000107. The molecule has 0 aliphatic rings. The van der Waals surface area contributed by atoms with Gasteiger partial charge < -0.3 is 10.2 Å². The Hall–Kier alpha value is -0.770. The average molecular weight is 171 g/mol. The maximum absolute atomic E-state index is 9.60. The molecule has 62 valence electrons. The number of halogens is 1. The van der Waals surface area contributed by atoms with Gasteiger partial charge in [0.1, 0.15) is 0 Å². The lowest BCUT2D eigenvalue weighted by Crippen LogP contribution is -1.90. The zero-order valence-electron chi connectivity index (χ0n) is 5.61. The SMILES string of the molecule is CCCC(=O)O.Cl.O=CO. The molecule has 5 heteroatoms. The zero-order chi connectivity index (χ0) is 7.70. The molecule has 0 amide bonds. The number of aliphatic carboxylic acids is 1. The van der Waals surface area contributed by atoms with Gasteiger partial charge in [-0.2, -0.15) is 0 Å². The molecule has 0 aromatic carbocycles. The second kappa shape index (κ2) is 15.7. The Morgan fingerprint density at radius 1 is 1.60 bits per heavy atom. The Morgan fingerprint density at radius 2 is 1.90 bits per heavy atom. The summed E-state index contributed by atoms with van der Waals surface area (Å²) in [5.41, 5.74) is 0. The summed E-state index contributed by atoms with van der Waals surface area (Å²) >= 11 is 0. The maximum Gasteiger partial charge on any atom is 0.303 e. The molecule has 0 aliphatic carbocycles. The molecule has 2 N–H and O–H groups in total. The van der Waals surface area contributed by atoms with E-state index in [0.717, 1.165) is 6.42 Å². The lowest BCUT2D eigenvalue weighted by atomic mass is 10.4. The van der Waals surface area contributed by atoms with Gasteiger partial charge in [-0.05, 0) is 6.42 Å².